The van der Waals surface area contributed by atoms with Crippen LogP contribution in [0.4, 0.5) is 5.69 Å². The number of hydrogen-bond acceptors (Lipinski definition) is 3. The number of benzene rings is 3. The Balaban J connectivity index is 1.61. The van der Waals surface area contributed by atoms with Crippen LogP contribution in [0.2, 0.25) is 0 Å². The maximum absolute atomic E-state index is 13.7. The summed E-state index contributed by atoms with van der Waals surface area (Å²) in [6.07, 6.45) is 4.60. The van der Waals surface area contributed by atoms with Crippen LogP contribution < -0.4 is 9.62 Å². The molecular formula is C29H34N2O3S. The molecule has 3 aromatic rings. The molecule has 0 spiro atoms. The Bertz CT molecular complexity index is 1330. The van der Waals surface area contributed by atoms with Crippen molar-refractivity contribution in [1.82, 2.24) is 5.32 Å². The van der Waals surface area contributed by atoms with Gasteiger partial charge in [-0.25, -0.2) is 8.42 Å². The highest BCUT2D eigenvalue weighted by atomic mass is 32.2. The molecule has 0 bridgehead atoms. The molecule has 1 unspecified atom stereocenters. The van der Waals surface area contributed by atoms with Crippen LogP contribution in [0, 0.1) is 20.8 Å². The summed E-state index contributed by atoms with van der Waals surface area (Å²) in [5.41, 5.74) is 7.07. The van der Waals surface area contributed by atoms with E-state index in [1.54, 1.807) is 30.3 Å². The van der Waals surface area contributed by atoms with Crippen molar-refractivity contribution >= 4 is 21.6 Å². The average Bonchev–Trinajstić information content (AvgIpc) is 2.84. The molecule has 3 aromatic carbocycles. The molecule has 0 radical (unpaired) electrons. The zero-order chi connectivity index (χ0) is 25.2. The van der Waals surface area contributed by atoms with Crippen molar-refractivity contribution < 1.29 is 13.2 Å². The first-order valence-corrected chi connectivity index (χ1v) is 13.7. The van der Waals surface area contributed by atoms with E-state index in [1.807, 2.05) is 39.8 Å². The maximum atomic E-state index is 13.7. The number of rotatable bonds is 7. The Hall–Kier alpha value is -3.12. The first-order chi connectivity index (χ1) is 16.7. The minimum Gasteiger partial charge on any atom is -0.348 e. The molecular weight excluding hydrogens is 456 g/mol. The Morgan fingerprint density at radius 1 is 0.943 bits per heavy atom. The molecule has 0 fully saturated rings. The third-order valence-electron chi connectivity index (χ3n) is 6.99. The fourth-order valence-corrected chi connectivity index (χ4v) is 6.14. The summed E-state index contributed by atoms with van der Waals surface area (Å²) in [5, 5.41) is 3.02. The van der Waals surface area contributed by atoms with Gasteiger partial charge in [-0.1, -0.05) is 48.0 Å². The van der Waals surface area contributed by atoms with Crippen LogP contribution in [0.1, 0.15) is 59.2 Å². The number of nitrogens with zero attached hydrogens (tertiary/aromatic N) is 1. The normalized spacial score (nSPS) is 14.2. The number of sulfonamides is 1. The number of aryl methyl sites for hydroxylation is 4. The van der Waals surface area contributed by atoms with Crippen molar-refractivity contribution in [3.8, 4) is 0 Å². The smallest absolute Gasteiger partial charge is 0.264 e. The van der Waals surface area contributed by atoms with Gasteiger partial charge in [0.1, 0.15) is 6.54 Å². The van der Waals surface area contributed by atoms with E-state index >= 15 is 0 Å². The van der Waals surface area contributed by atoms with Gasteiger partial charge in [0.05, 0.1) is 16.6 Å². The van der Waals surface area contributed by atoms with Crippen LogP contribution in [0.25, 0.3) is 0 Å². The lowest BCUT2D eigenvalue weighted by atomic mass is 9.89. The van der Waals surface area contributed by atoms with Crippen molar-refractivity contribution in [2.45, 2.75) is 64.3 Å². The Kier molecular flexibility index (Phi) is 7.31. The molecule has 0 heterocycles. The molecule has 1 aliphatic rings. The van der Waals surface area contributed by atoms with Crippen LogP contribution in [0.5, 0.6) is 0 Å². The SMILES string of the molecule is Cc1ccc(S(=O)(=O)N(CC(=O)NC(C)c2ccc3c(c2)CCCC3)c2cccc(C)c2C)cc1. The van der Waals surface area contributed by atoms with Crippen molar-refractivity contribution in [2.75, 3.05) is 10.8 Å². The summed E-state index contributed by atoms with van der Waals surface area (Å²) in [6.45, 7) is 7.38. The highest BCUT2D eigenvalue weighted by Gasteiger charge is 2.29. The number of anilines is 1. The lowest BCUT2D eigenvalue weighted by Crippen LogP contribution is -2.42. The summed E-state index contributed by atoms with van der Waals surface area (Å²) < 4.78 is 28.6. The number of amides is 1. The second-order valence-corrected chi connectivity index (χ2v) is 11.4. The second kappa shape index (κ2) is 10.2. The van der Waals surface area contributed by atoms with E-state index in [2.05, 4.69) is 23.5 Å². The molecule has 1 atom stereocenters. The fourth-order valence-electron chi connectivity index (χ4n) is 4.67. The number of hydrogen-bond donors (Lipinski definition) is 1. The first-order valence-electron chi connectivity index (χ1n) is 12.2. The van der Waals surface area contributed by atoms with Crippen LogP contribution in [0.15, 0.2) is 65.6 Å². The van der Waals surface area contributed by atoms with Crippen LogP contribution in [0.3, 0.4) is 0 Å². The maximum Gasteiger partial charge on any atom is 0.264 e. The van der Waals surface area contributed by atoms with Gasteiger partial charge in [-0.15, -0.1) is 0 Å². The van der Waals surface area contributed by atoms with Gasteiger partial charge in [0.2, 0.25) is 5.91 Å². The topological polar surface area (TPSA) is 66.5 Å². The molecule has 0 aromatic heterocycles. The van der Waals surface area contributed by atoms with Gasteiger partial charge >= 0.3 is 0 Å². The average molecular weight is 491 g/mol. The molecule has 0 saturated heterocycles. The monoisotopic (exact) mass is 490 g/mol. The highest BCUT2D eigenvalue weighted by molar-refractivity contribution is 7.92. The van der Waals surface area contributed by atoms with E-state index in [4.69, 9.17) is 0 Å². The second-order valence-electron chi connectivity index (χ2n) is 9.57. The number of carbonyl (C=O) groups is 1. The Morgan fingerprint density at radius 2 is 1.63 bits per heavy atom. The molecule has 0 aliphatic heterocycles. The summed E-state index contributed by atoms with van der Waals surface area (Å²) in [5.74, 6) is -0.341. The van der Waals surface area contributed by atoms with E-state index in [1.165, 1.54) is 28.3 Å². The van der Waals surface area contributed by atoms with Crippen LogP contribution in [-0.4, -0.2) is 20.9 Å². The molecule has 35 heavy (non-hydrogen) atoms. The fraction of sp³-hybridized carbons (Fsp3) is 0.345. The van der Waals surface area contributed by atoms with Gasteiger partial charge in [-0.05, 0) is 99.4 Å². The van der Waals surface area contributed by atoms with Crippen molar-refractivity contribution in [3.05, 3.63) is 94.0 Å². The predicted octanol–water partition coefficient (Wildman–Crippen LogP) is 5.56. The Morgan fingerprint density at radius 3 is 2.34 bits per heavy atom. The molecule has 0 saturated carbocycles. The third-order valence-corrected chi connectivity index (χ3v) is 8.76. The minimum absolute atomic E-state index is 0.166. The van der Waals surface area contributed by atoms with E-state index in [0.29, 0.717) is 5.69 Å². The first kappa shape index (κ1) is 25.0. The standard InChI is InChI=1S/C29H34N2O3S/c1-20-12-16-27(17-13-20)35(33,34)31(28-11-7-8-21(2)22(28)3)19-29(32)30-23(4)25-15-14-24-9-5-6-10-26(24)18-25/h7-8,11-18,23H,5-6,9-10,19H2,1-4H3,(H,30,32). The van der Waals surface area contributed by atoms with Gasteiger partial charge < -0.3 is 5.32 Å². The molecule has 6 heteroatoms. The van der Waals surface area contributed by atoms with E-state index in [9.17, 15) is 13.2 Å². The molecule has 1 aliphatic carbocycles. The quantitative estimate of drug-likeness (QED) is 0.471. The van der Waals surface area contributed by atoms with Crippen molar-refractivity contribution in [1.29, 1.82) is 0 Å². The van der Waals surface area contributed by atoms with E-state index in [-0.39, 0.29) is 23.4 Å². The molecule has 1 amide bonds. The van der Waals surface area contributed by atoms with Crippen LogP contribution >= 0.6 is 0 Å². The van der Waals surface area contributed by atoms with Gasteiger partial charge in [0.25, 0.3) is 10.0 Å². The summed E-state index contributed by atoms with van der Waals surface area (Å²) in [4.78, 5) is 13.4. The lowest BCUT2D eigenvalue weighted by molar-refractivity contribution is -0.120. The number of fused-ring (bicyclic) bond motifs is 1. The highest BCUT2D eigenvalue weighted by Crippen LogP contribution is 2.29. The van der Waals surface area contributed by atoms with Gasteiger partial charge in [0, 0.05) is 0 Å². The van der Waals surface area contributed by atoms with Crippen molar-refractivity contribution in [2.24, 2.45) is 0 Å². The lowest BCUT2D eigenvalue weighted by Gasteiger charge is -2.27. The number of nitrogens with one attached hydrogen (secondary N) is 1. The number of carbonyl (C=O) groups excluding carboxylic acids is 1. The third kappa shape index (κ3) is 5.43. The zero-order valence-electron chi connectivity index (χ0n) is 21.0. The summed E-state index contributed by atoms with van der Waals surface area (Å²) in [6, 6.07) is 18.4. The van der Waals surface area contributed by atoms with E-state index in [0.717, 1.165) is 35.1 Å². The Labute approximate surface area is 209 Å². The zero-order valence-corrected chi connectivity index (χ0v) is 21.8. The van der Waals surface area contributed by atoms with Crippen LogP contribution in [-0.2, 0) is 27.7 Å². The van der Waals surface area contributed by atoms with Gasteiger partial charge in [0.15, 0.2) is 0 Å². The van der Waals surface area contributed by atoms with Gasteiger partial charge in [-0.2, -0.15) is 0 Å². The molecule has 184 valence electrons. The molecule has 5 nitrogen and oxygen atoms in total. The summed E-state index contributed by atoms with van der Waals surface area (Å²) >= 11 is 0. The largest absolute Gasteiger partial charge is 0.348 e. The molecule has 4 rings (SSSR count). The summed E-state index contributed by atoms with van der Waals surface area (Å²) in [7, 11) is -3.95. The predicted molar refractivity (Wildman–Crippen MR) is 141 cm³/mol. The van der Waals surface area contributed by atoms with Gasteiger partial charge in [-0.3, -0.25) is 9.10 Å². The van der Waals surface area contributed by atoms with E-state index < -0.39 is 10.0 Å². The molecule has 1 N–H and O–H groups in total. The minimum atomic E-state index is -3.95. The van der Waals surface area contributed by atoms with Crippen molar-refractivity contribution in [3.63, 3.8) is 0 Å².